The first-order valence-electron chi connectivity index (χ1n) is 7.93. The number of amides is 1. The lowest BCUT2D eigenvalue weighted by Crippen LogP contribution is -2.27. The molecule has 1 heterocycles. The highest BCUT2D eigenvalue weighted by Gasteiger charge is 2.13. The van der Waals surface area contributed by atoms with Crippen molar-refractivity contribution in [3.8, 4) is 0 Å². The minimum absolute atomic E-state index is 0.00120. The average Bonchev–Trinajstić information content (AvgIpc) is 2.65. The molecule has 0 saturated carbocycles. The van der Waals surface area contributed by atoms with Crippen LogP contribution in [0.2, 0.25) is 5.02 Å². The van der Waals surface area contributed by atoms with Crippen LogP contribution in [0.5, 0.6) is 0 Å². The van der Waals surface area contributed by atoms with Gasteiger partial charge in [0.15, 0.2) is 0 Å². The molecular weight excluding hydrogens is 355 g/mol. The Bertz CT molecular complexity index is 920. The third kappa shape index (κ3) is 4.34. The van der Waals surface area contributed by atoms with Crippen molar-refractivity contribution in [3.63, 3.8) is 0 Å². The monoisotopic (exact) mass is 370 g/mol. The van der Waals surface area contributed by atoms with Crippen molar-refractivity contribution in [1.82, 2.24) is 15.3 Å². The standard InChI is InChI=1S/C19H16ClFN4O/c1-12(13-5-3-2-4-6-13)24-19(26)17-10-18(23-11-22-17)25-14-7-8-16(21)15(20)9-14/h2-12H,1H3,(H,24,26)(H,22,23,25). The molecule has 0 aliphatic carbocycles. The molecule has 1 aromatic heterocycles. The van der Waals surface area contributed by atoms with Crippen molar-refractivity contribution < 1.29 is 9.18 Å². The third-order valence-corrected chi connectivity index (χ3v) is 4.03. The van der Waals surface area contributed by atoms with Gasteiger partial charge in [-0.25, -0.2) is 14.4 Å². The van der Waals surface area contributed by atoms with Crippen LogP contribution in [0.1, 0.15) is 29.0 Å². The summed E-state index contributed by atoms with van der Waals surface area (Å²) in [5.74, 6) is -0.418. The van der Waals surface area contributed by atoms with E-state index >= 15 is 0 Å². The van der Waals surface area contributed by atoms with Crippen LogP contribution in [-0.4, -0.2) is 15.9 Å². The van der Waals surface area contributed by atoms with Crippen molar-refractivity contribution in [3.05, 3.63) is 83.0 Å². The van der Waals surface area contributed by atoms with Gasteiger partial charge in [-0.05, 0) is 30.7 Å². The van der Waals surface area contributed by atoms with Gasteiger partial charge in [0, 0.05) is 11.8 Å². The molecule has 0 saturated heterocycles. The molecule has 26 heavy (non-hydrogen) atoms. The topological polar surface area (TPSA) is 66.9 Å². The Morgan fingerprint density at radius 2 is 1.88 bits per heavy atom. The van der Waals surface area contributed by atoms with E-state index in [4.69, 9.17) is 11.6 Å². The largest absolute Gasteiger partial charge is 0.344 e. The molecule has 2 aromatic carbocycles. The van der Waals surface area contributed by atoms with Crippen LogP contribution >= 0.6 is 11.6 Å². The Kier molecular flexibility index (Phi) is 5.43. The summed E-state index contributed by atoms with van der Waals surface area (Å²) < 4.78 is 13.2. The van der Waals surface area contributed by atoms with Gasteiger partial charge in [-0.15, -0.1) is 0 Å². The van der Waals surface area contributed by atoms with Crippen LogP contribution in [-0.2, 0) is 0 Å². The predicted octanol–water partition coefficient (Wildman–Crippen LogP) is 4.50. The summed E-state index contributed by atoms with van der Waals surface area (Å²) in [6, 6.07) is 15.2. The molecule has 0 spiro atoms. The molecule has 3 rings (SSSR count). The zero-order chi connectivity index (χ0) is 18.5. The molecule has 1 amide bonds. The SMILES string of the molecule is CC(NC(=O)c1cc(Nc2ccc(F)c(Cl)c2)ncn1)c1ccccc1. The highest BCUT2D eigenvalue weighted by atomic mass is 35.5. The van der Waals surface area contributed by atoms with Crippen molar-refractivity contribution in [2.75, 3.05) is 5.32 Å². The second-order valence-corrected chi connectivity index (χ2v) is 6.06. The van der Waals surface area contributed by atoms with Gasteiger partial charge in [0.2, 0.25) is 0 Å². The van der Waals surface area contributed by atoms with E-state index in [2.05, 4.69) is 20.6 Å². The number of aromatic nitrogens is 2. The van der Waals surface area contributed by atoms with Crippen LogP contribution in [0.3, 0.4) is 0 Å². The Morgan fingerprint density at radius 3 is 2.62 bits per heavy atom. The van der Waals surface area contributed by atoms with Gasteiger partial charge in [0.25, 0.3) is 5.91 Å². The van der Waals surface area contributed by atoms with Gasteiger partial charge in [-0.3, -0.25) is 4.79 Å². The Labute approximate surface area is 155 Å². The summed E-state index contributed by atoms with van der Waals surface area (Å²) >= 11 is 5.77. The smallest absolute Gasteiger partial charge is 0.270 e. The molecule has 3 aromatic rings. The lowest BCUT2D eigenvalue weighted by Gasteiger charge is -2.14. The predicted molar refractivity (Wildman–Crippen MR) is 99.0 cm³/mol. The first-order valence-corrected chi connectivity index (χ1v) is 8.30. The highest BCUT2D eigenvalue weighted by Crippen LogP contribution is 2.22. The second kappa shape index (κ2) is 7.93. The van der Waals surface area contributed by atoms with Crippen molar-refractivity contribution in [2.45, 2.75) is 13.0 Å². The highest BCUT2D eigenvalue weighted by molar-refractivity contribution is 6.31. The van der Waals surface area contributed by atoms with E-state index in [1.165, 1.54) is 30.6 Å². The van der Waals surface area contributed by atoms with E-state index < -0.39 is 5.82 Å². The fourth-order valence-electron chi connectivity index (χ4n) is 2.37. The van der Waals surface area contributed by atoms with Crippen LogP contribution in [0, 0.1) is 5.82 Å². The molecule has 0 fully saturated rings. The van der Waals surface area contributed by atoms with Gasteiger partial charge in [0.1, 0.15) is 23.7 Å². The molecule has 2 N–H and O–H groups in total. The zero-order valence-corrected chi connectivity index (χ0v) is 14.7. The van der Waals surface area contributed by atoms with Crippen molar-refractivity contribution in [1.29, 1.82) is 0 Å². The van der Waals surface area contributed by atoms with Gasteiger partial charge in [0.05, 0.1) is 11.1 Å². The van der Waals surface area contributed by atoms with Gasteiger partial charge in [-0.1, -0.05) is 41.9 Å². The Hall–Kier alpha value is -2.99. The van der Waals surface area contributed by atoms with E-state index in [0.717, 1.165) is 5.56 Å². The average molecular weight is 371 g/mol. The number of carbonyl (C=O) groups is 1. The fraction of sp³-hybridized carbons (Fsp3) is 0.105. The summed E-state index contributed by atoms with van der Waals surface area (Å²) in [6.45, 7) is 1.90. The Morgan fingerprint density at radius 1 is 1.12 bits per heavy atom. The van der Waals surface area contributed by atoms with Crippen LogP contribution < -0.4 is 10.6 Å². The van der Waals surface area contributed by atoms with Crippen molar-refractivity contribution >= 4 is 29.0 Å². The Balaban J connectivity index is 1.72. The van der Waals surface area contributed by atoms with E-state index in [0.29, 0.717) is 11.5 Å². The number of benzene rings is 2. The van der Waals surface area contributed by atoms with Crippen LogP contribution in [0.25, 0.3) is 0 Å². The molecule has 5 nitrogen and oxygen atoms in total. The third-order valence-electron chi connectivity index (χ3n) is 3.74. The number of anilines is 2. The van der Waals surface area contributed by atoms with Crippen molar-refractivity contribution in [2.24, 2.45) is 0 Å². The summed E-state index contributed by atoms with van der Waals surface area (Å²) in [6.07, 6.45) is 1.29. The van der Waals surface area contributed by atoms with Crippen LogP contribution in [0.4, 0.5) is 15.9 Å². The first kappa shape index (κ1) is 17.8. The number of nitrogens with zero attached hydrogens (tertiary/aromatic N) is 2. The number of carbonyl (C=O) groups excluding carboxylic acids is 1. The van der Waals surface area contributed by atoms with Gasteiger partial charge < -0.3 is 10.6 Å². The number of nitrogens with one attached hydrogen (secondary N) is 2. The molecule has 1 unspecified atom stereocenters. The minimum atomic E-state index is -0.505. The zero-order valence-electron chi connectivity index (χ0n) is 13.9. The van der Waals surface area contributed by atoms with Gasteiger partial charge in [-0.2, -0.15) is 0 Å². The minimum Gasteiger partial charge on any atom is -0.344 e. The second-order valence-electron chi connectivity index (χ2n) is 5.65. The lowest BCUT2D eigenvalue weighted by molar-refractivity contribution is 0.0934. The summed E-state index contributed by atoms with van der Waals surface area (Å²) in [7, 11) is 0. The van der Waals surface area contributed by atoms with E-state index in [-0.39, 0.29) is 22.7 Å². The molecule has 1 atom stereocenters. The molecule has 0 bridgehead atoms. The molecule has 132 valence electrons. The molecular formula is C19H16ClFN4O. The fourth-order valence-corrected chi connectivity index (χ4v) is 2.55. The summed E-state index contributed by atoms with van der Waals surface area (Å²) in [5, 5.41) is 5.86. The molecule has 0 aliphatic rings. The number of hydrogen-bond donors (Lipinski definition) is 2. The van der Waals surface area contributed by atoms with Crippen LogP contribution in [0.15, 0.2) is 60.9 Å². The van der Waals surface area contributed by atoms with E-state index in [1.54, 1.807) is 0 Å². The maximum Gasteiger partial charge on any atom is 0.270 e. The molecule has 0 aliphatic heterocycles. The lowest BCUT2D eigenvalue weighted by atomic mass is 10.1. The maximum atomic E-state index is 13.2. The van der Waals surface area contributed by atoms with E-state index in [1.807, 2.05) is 37.3 Å². The summed E-state index contributed by atoms with van der Waals surface area (Å²) in [5.41, 5.74) is 1.77. The molecule has 7 heteroatoms. The maximum absolute atomic E-state index is 13.2. The van der Waals surface area contributed by atoms with E-state index in [9.17, 15) is 9.18 Å². The first-order chi connectivity index (χ1) is 12.5. The quantitative estimate of drug-likeness (QED) is 0.693. The summed E-state index contributed by atoms with van der Waals surface area (Å²) in [4.78, 5) is 20.5. The van der Waals surface area contributed by atoms with Gasteiger partial charge >= 0.3 is 0 Å². The molecule has 0 radical (unpaired) electrons. The number of hydrogen-bond acceptors (Lipinski definition) is 4. The number of rotatable bonds is 5. The number of halogens is 2. The normalized spacial score (nSPS) is 11.7.